The smallest absolute Gasteiger partial charge is 0.285 e. The van der Waals surface area contributed by atoms with Crippen molar-refractivity contribution in [1.82, 2.24) is 10.4 Å². The summed E-state index contributed by atoms with van der Waals surface area (Å²) < 4.78 is 12.0. The molecule has 1 N–H and O–H groups in total. The molecule has 2 aromatic rings. The average Bonchev–Trinajstić information content (AvgIpc) is 3.19. The number of carbonyl (C=O) groups excluding carboxylic acids is 2. The molecule has 0 atom stereocenters. The van der Waals surface area contributed by atoms with Crippen molar-refractivity contribution < 1.29 is 24.0 Å². The van der Waals surface area contributed by atoms with Crippen LogP contribution in [0.4, 0.5) is 5.69 Å². The molecule has 0 unspecified atom stereocenters. The van der Waals surface area contributed by atoms with Gasteiger partial charge < -0.3 is 9.47 Å². The minimum Gasteiger partial charge on any atom is -0.490 e. The fraction of sp³-hybridized carbons (Fsp3) is 0.433. The number of para-hydroxylation sites is 1. The number of thioether (sulfide) groups is 1. The van der Waals surface area contributed by atoms with Crippen molar-refractivity contribution in [2.75, 3.05) is 6.61 Å². The van der Waals surface area contributed by atoms with Crippen molar-refractivity contribution in [2.24, 2.45) is 23.2 Å². The molecule has 1 saturated heterocycles. The van der Waals surface area contributed by atoms with Gasteiger partial charge in [0.25, 0.3) is 11.6 Å². The first-order valence-electron chi connectivity index (χ1n) is 14.0. The van der Waals surface area contributed by atoms with Gasteiger partial charge in [-0.15, -0.1) is 0 Å². The number of nitrogens with one attached hydrogen (secondary N) is 1. The van der Waals surface area contributed by atoms with Crippen LogP contribution in [0.3, 0.4) is 0 Å². The molecule has 4 aliphatic carbocycles. The highest BCUT2D eigenvalue weighted by molar-refractivity contribution is 8.26. The van der Waals surface area contributed by atoms with Gasteiger partial charge in [0.1, 0.15) is 6.61 Å². The molecular weight excluding hydrogens is 562 g/mol. The van der Waals surface area contributed by atoms with Gasteiger partial charge in [0.15, 0.2) is 15.8 Å². The molecule has 214 valence electrons. The van der Waals surface area contributed by atoms with E-state index < -0.39 is 4.92 Å². The van der Waals surface area contributed by atoms with Crippen LogP contribution in [0.25, 0.3) is 6.08 Å². The van der Waals surface area contributed by atoms with Crippen LogP contribution in [-0.4, -0.2) is 32.7 Å². The zero-order valence-electron chi connectivity index (χ0n) is 22.7. The second kappa shape index (κ2) is 11.1. The number of hydrogen-bond acceptors (Lipinski definition) is 8. The summed E-state index contributed by atoms with van der Waals surface area (Å²) >= 11 is 6.64. The predicted octanol–water partition coefficient (Wildman–Crippen LogP) is 6.02. The molecule has 0 aromatic heterocycles. The third-order valence-electron chi connectivity index (χ3n) is 8.66. The highest BCUT2D eigenvalue weighted by Gasteiger charge is 2.55. The molecule has 1 heterocycles. The fourth-order valence-corrected chi connectivity index (χ4v) is 8.47. The Labute approximate surface area is 247 Å². The fourth-order valence-electron chi connectivity index (χ4n) is 7.29. The van der Waals surface area contributed by atoms with E-state index in [4.69, 9.17) is 21.7 Å². The lowest BCUT2D eigenvalue weighted by Gasteiger charge is -2.55. The standard InChI is InChI=1S/C30H31N3O6S2/c1-2-38-25-12-18(7-8-24(25)39-17-22-5-3-4-6-23(22)33(36)37)13-26-27(34)32(29(40)41-26)31-28(35)30-14-19-9-20(15-30)11-21(10-19)16-30/h3-8,12-13,19-21H,2,9-11,14-17H2,1H3,(H,31,35)/b26-13+. The molecule has 1 aliphatic heterocycles. The van der Waals surface area contributed by atoms with E-state index in [1.165, 1.54) is 30.3 Å². The number of thiocarbonyl (C=S) groups is 1. The molecule has 11 heteroatoms. The molecule has 2 amide bonds. The normalized spacial score (nSPS) is 27.4. The summed E-state index contributed by atoms with van der Waals surface area (Å²) in [6, 6.07) is 11.7. The van der Waals surface area contributed by atoms with Crippen molar-refractivity contribution in [2.45, 2.75) is 52.1 Å². The number of nitro benzene ring substituents is 1. The molecular formula is C30H31N3O6S2. The first-order valence-corrected chi connectivity index (χ1v) is 15.2. The summed E-state index contributed by atoms with van der Waals surface area (Å²) in [6.07, 6.45) is 8.12. The monoisotopic (exact) mass is 593 g/mol. The maximum atomic E-state index is 13.5. The Bertz CT molecular complexity index is 1420. The number of carbonyl (C=O) groups is 2. The highest BCUT2D eigenvalue weighted by atomic mass is 32.2. The number of benzene rings is 2. The second-order valence-electron chi connectivity index (χ2n) is 11.5. The molecule has 4 bridgehead atoms. The van der Waals surface area contributed by atoms with Gasteiger partial charge in [-0.1, -0.05) is 30.0 Å². The van der Waals surface area contributed by atoms with Crippen LogP contribution in [0.1, 0.15) is 56.6 Å². The Morgan fingerprint density at radius 2 is 1.80 bits per heavy atom. The third kappa shape index (κ3) is 5.44. The molecule has 0 spiro atoms. The van der Waals surface area contributed by atoms with Gasteiger partial charge in [-0.2, -0.15) is 5.01 Å². The van der Waals surface area contributed by atoms with Gasteiger partial charge in [-0.25, -0.2) is 0 Å². The topological polar surface area (TPSA) is 111 Å². The van der Waals surface area contributed by atoms with Crippen molar-refractivity contribution in [3.05, 3.63) is 68.6 Å². The van der Waals surface area contributed by atoms with Crippen molar-refractivity contribution >= 4 is 51.9 Å². The van der Waals surface area contributed by atoms with Crippen LogP contribution >= 0.6 is 24.0 Å². The number of hydrogen-bond donors (Lipinski definition) is 1. The molecule has 0 radical (unpaired) electrons. The zero-order valence-corrected chi connectivity index (χ0v) is 24.3. The number of nitro groups is 1. The summed E-state index contributed by atoms with van der Waals surface area (Å²) in [5, 5.41) is 12.6. The summed E-state index contributed by atoms with van der Waals surface area (Å²) in [6.45, 7) is 2.22. The lowest BCUT2D eigenvalue weighted by Crippen LogP contribution is -2.57. The Morgan fingerprint density at radius 1 is 1.12 bits per heavy atom. The van der Waals surface area contributed by atoms with E-state index in [0.717, 1.165) is 31.0 Å². The number of amides is 2. The summed E-state index contributed by atoms with van der Waals surface area (Å²) in [5.41, 5.74) is 3.63. The molecule has 5 fully saturated rings. The quantitative estimate of drug-likeness (QED) is 0.163. The van der Waals surface area contributed by atoms with Gasteiger partial charge in [-0.05, 0) is 105 Å². The van der Waals surface area contributed by atoms with Crippen LogP contribution in [0.5, 0.6) is 11.5 Å². The maximum Gasteiger partial charge on any atom is 0.285 e. The van der Waals surface area contributed by atoms with E-state index in [1.807, 2.05) is 6.92 Å². The van der Waals surface area contributed by atoms with E-state index in [9.17, 15) is 19.7 Å². The van der Waals surface area contributed by atoms with Crippen LogP contribution in [0, 0.1) is 33.3 Å². The summed E-state index contributed by atoms with van der Waals surface area (Å²) in [5.74, 6) is 2.30. The molecule has 2 aromatic carbocycles. The molecule has 4 saturated carbocycles. The van der Waals surface area contributed by atoms with Gasteiger partial charge in [0, 0.05) is 6.07 Å². The summed E-state index contributed by atoms with van der Waals surface area (Å²) in [4.78, 5) is 38.2. The van der Waals surface area contributed by atoms with Gasteiger partial charge in [0.2, 0.25) is 5.91 Å². The molecule has 5 aliphatic rings. The number of nitrogens with zero attached hydrogens (tertiary/aromatic N) is 2. The number of hydrazine groups is 1. The first-order chi connectivity index (χ1) is 19.7. The van der Waals surface area contributed by atoms with Gasteiger partial charge >= 0.3 is 0 Å². The van der Waals surface area contributed by atoms with E-state index in [2.05, 4.69) is 5.43 Å². The highest BCUT2D eigenvalue weighted by Crippen LogP contribution is 2.60. The molecule has 41 heavy (non-hydrogen) atoms. The number of rotatable bonds is 9. The minimum absolute atomic E-state index is 0.00133. The van der Waals surface area contributed by atoms with E-state index in [1.54, 1.807) is 42.5 Å². The van der Waals surface area contributed by atoms with Crippen LogP contribution in [0.2, 0.25) is 0 Å². The van der Waals surface area contributed by atoms with E-state index >= 15 is 0 Å². The van der Waals surface area contributed by atoms with Crippen LogP contribution < -0.4 is 14.9 Å². The second-order valence-corrected chi connectivity index (χ2v) is 13.1. The Hall–Kier alpha value is -3.44. The summed E-state index contributed by atoms with van der Waals surface area (Å²) in [7, 11) is 0. The number of ether oxygens (including phenoxy) is 2. The minimum atomic E-state index is -0.438. The molecule has 7 rings (SSSR count). The first kappa shape index (κ1) is 27.7. The third-order valence-corrected chi connectivity index (χ3v) is 9.97. The van der Waals surface area contributed by atoms with Gasteiger partial charge in [0.05, 0.1) is 27.4 Å². The maximum absolute atomic E-state index is 13.5. The predicted molar refractivity (Wildman–Crippen MR) is 159 cm³/mol. The van der Waals surface area contributed by atoms with E-state index in [-0.39, 0.29) is 29.5 Å². The van der Waals surface area contributed by atoms with Crippen LogP contribution in [-0.2, 0) is 16.2 Å². The molecule has 9 nitrogen and oxygen atoms in total. The lowest BCUT2D eigenvalue weighted by atomic mass is 9.49. The van der Waals surface area contributed by atoms with E-state index in [0.29, 0.717) is 56.2 Å². The SMILES string of the molecule is CCOc1cc(/C=C2/SC(=S)N(NC(=O)C34CC5CC(CC(C5)C3)C4)C2=O)ccc1OCc1ccccc1[N+](=O)[O-]. The van der Waals surface area contributed by atoms with Crippen molar-refractivity contribution in [1.29, 1.82) is 0 Å². The van der Waals surface area contributed by atoms with Gasteiger partial charge in [-0.3, -0.25) is 25.1 Å². The Kier molecular flexibility index (Phi) is 7.50. The zero-order chi connectivity index (χ0) is 28.7. The van der Waals surface area contributed by atoms with Crippen molar-refractivity contribution in [3.63, 3.8) is 0 Å². The average molecular weight is 594 g/mol. The lowest BCUT2D eigenvalue weighted by molar-refractivity contribution is -0.385. The van der Waals surface area contributed by atoms with Crippen molar-refractivity contribution in [3.8, 4) is 11.5 Å². The Morgan fingerprint density at radius 3 is 2.46 bits per heavy atom. The Balaban J connectivity index is 1.16. The van der Waals surface area contributed by atoms with Crippen LogP contribution in [0.15, 0.2) is 47.4 Å². The largest absolute Gasteiger partial charge is 0.490 e.